The summed E-state index contributed by atoms with van der Waals surface area (Å²) in [5.41, 5.74) is 2.75. The van der Waals surface area contributed by atoms with Gasteiger partial charge in [-0.15, -0.1) is 6.42 Å². The molecule has 1 amide bonds. The molecule has 3 fully saturated rings. The number of aromatic nitrogens is 2. The molecule has 2 aromatic carbocycles. The highest BCUT2D eigenvalue weighted by atomic mass is 16.6. The largest absolute Gasteiger partial charge is 0.486 e. The molecule has 0 radical (unpaired) electrons. The lowest BCUT2D eigenvalue weighted by Gasteiger charge is -2.24. The van der Waals surface area contributed by atoms with Crippen molar-refractivity contribution in [2.45, 2.75) is 24.7 Å². The lowest BCUT2D eigenvalue weighted by molar-refractivity contribution is -0.116. The second-order valence-corrected chi connectivity index (χ2v) is 9.97. The van der Waals surface area contributed by atoms with Crippen molar-refractivity contribution < 1.29 is 23.7 Å². The Hall–Kier alpha value is -4.01. The van der Waals surface area contributed by atoms with Crippen LogP contribution >= 0.6 is 0 Å². The average Bonchev–Trinajstić information content (AvgIpc) is 3.63. The van der Waals surface area contributed by atoms with Crippen LogP contribution in [0.3, 0.4) is 0 Å². The van der Waals surface area contributed by atoms with Gasteiger partial charge < -0.3 is 29.6 Å². The number of fused-ring (bicyclic) bond motifs is 2. The van der Waals surface area contributed by atoms with E-state index < -0.39 is 0 Å². The summed E-state index contributed by atoms with van der Waals surface area (Å²) in [6, 6.07) is 11.2. The molecular weight excluding hydrogens is 510 g/mol. The fourth-order valence-corrected chi connectivity index (χ4v) is 5.16. The molecule has 3 atom stereocenters. The third-order valence-corrected chi connectivity index (χ3v) is 7.14. The SMILES string of the molecule is C#Cc1cccc(Nc2ncnc3cc(OC4CCOC4)c(NC(=O)C=CCN4C[C@@H]5OCCO[C@@H]5C4)cc23)c1. The molecule has 1 aromatic heterocycles. The fraction of sp³-hybridized carbons (Fsp3) is 0.367. The fourth-order valence-electron chi connectivity index (χ4n) is 5.16. The van der Waals surface area contributed by atoms with Gasteiger partial charge in [0.1, 0.15) is 24.0 Å². The molecule has 4 heterocycles. The lowest BCUT2D eigenvalue weighted by atomic mass is 10.1. The maximum atomic E-state index is 13.0. The maximum absolute atomic E-state index is 13.0. The number of rotatable bonds is 8. The van der Waals surface area contributed by atoms with Crippen LogP contribution in [0, 0.1) is 12.3 Å². The first kappa shape index (κ1) is 26.2. The smallest absolute Gasteiger partial charge is 0.248 e. The van der Waals surface area contributed by atoms with E-state index in [1.54, 1.807) is 6.08 Å². The third kappa shape index (κ3) is 6.08. The van der Waals surface area contributed by atoms with Gasteiger partial charge in [-0.3, -0.25) is 9.69 Å². The van der Waals surface area contributed by atoms with Gasteiger partial charge in [0.2, 0.25) is 5.91 Å². The standard InChI is InChI=1S/C30H31N5O5/c1-2-20-5-3-6-21(13-20)33-30-23-14-25(26(15-24(23)31-19-32-30)40-22-8-10-37-18-22)34-29(36)7-4-9-35-16-27-28(17-35)39-12-11-38-27/h1,3-7,13-15,19,22,27-28H,8-12,16-18H2,(H,34,36)(H,31,32,33)/t22?,27-,28+. The molecule has 3 aliphatic rings. The Morgan fingerprint density at radius 1 is 1.15 bits per heavy atom. The van der Waals surface area contributed by atoms with Gasteiger partial charge in [0.25, 0.3) is 0 Å². The summed E-state index contributed by atoms with van der Waals surface area (Å²) < 4.78 is 23.3. The topological polar surface area (TPSA) is 107 Å². The Kier molecular flexibility index (Phi) is 7.88. The zero-order valence-corrected chi connectivity index (χ0v) is 22.0. The first-order valence-electron chi connectivity index (χ1n) is 13.4. The number of hydrogen-bond acceptors (Lipinski definition) is 9. The maximum Gasteiger partial charge on any atom is 0.248 e. The molecule has 3 aliphatic heterocycles. The molecule has 3 saturated heterocycles. The summed E-state index contributed by atoms with van der Waals surface area (Å²) >= 11 is 0. The minimum absolute atomic E-state index is 0.0993. The molecule has 0 spiro atoms. The van der Waals surface area contributed by atoms with Gasteiger partial charge in [-0.25, -0.2) is 9.97 Å². The Balaban J connectivity index is 1.21. The van der Waals surface area contributed by atoms with Gasteiger partial charge in [0.05, 0.1) is 49.8 Å². The van der Waals surface area contributed by atoms with Crippen LogP contribution in [-0.4, -0.2) is 85.1 Å². The normalized spacial score (nSPS) is 22.7. The number of terminal acetylenes is 1. The molecule has 1 unspecified atom stereocenters. The van der Waals surface area contributed by atoms with Crippen molar-refractivity contribution in [1.82, 2.24) is 14.9 Å². The van der Waals surface area contributed by atoms with Gasteiger partial charge >= 0.3 is 0 Å². The van der Waals surface area contributed by atoms with Gasteiger partial charge in [-0.2, -0.15) is 0 Å². The number of nitrogens with zero attached hydrogens (tertiary/aromatic N) is 3. The molecule has 10 heteroatoms. The summed E-state index contributed by atoms with van der Waals surface area (Å²) in [6.07, 6.45) is 11.3. The highest BCUT2D eigenvalue weighted by Gasteiger charge is 2.35. The quantitative estimate of drug-likeness (QED) is 0.329. The van der Waals surface area contributed by atoms with E-state index in [2.05, 4.69) is 31.4 Å². The molecule has 0 bridgehead atoms. The molecule has 6 rings (SSSR count). The molecule has 3 aromatic rings. The minimum Gasteiger partial charge on any atom is -0.486 e. The lowest BCUT2D eigenvalue weighted by Crippen LogP contribution is -2.36. The Labute approximate surface area is 232 Å². The Morgan fingerprint density at radius 2 is 2.00 bits per heavy atom. The van der Waals surface area contributed by atoms with E-state index in [0.29, 0.717) is 55.7 Å². The van der Waals surface area contributed by atoms with Crippen LogP contribution in [-0.2, 0) is 19.0 Å². The number of carbonyl (C=O) groups is 1. The number of nitrogens with one attached hydrogen (secondary N) is 2. The molecule has 2 N–H and O–H groups in total. The molecule has 0 saturated carbocycles. The second-order valence-electron chi connectivity index (χ2n) is 9.97. The van der Waals surface area contributed by atoms with E-state index in [4.69, 9.17) is 25.4 Å². The predicted molar refractivity (Wildman–Crippen MR) is 151 cm³/mol. The van der Waals surface area contributed by atoms with Crippen LogP contribution in [0.4, 0.5) is 17.2 Å². The van der Waals surface area contributed by atoms with Crippen molar-refractivity contribution in [3.63, 3.8) is 0 Å². The highest BCUT2D eigenvalue weighted by molar-refractivity contribution is 6.03. The van der Waals surface area contributed by atoms with E-state index >= 15 is 0 Å². The summed E-state index contributed by atoms with van der Waals surface area (Å²) in [5.74, 6) is 3.49. The van der Waals surface area contributed by atoms with E-state index in [-0.39, 0.29) is 24.2 Å². The number of anilines is 3. The van der Waals surface area contributed by atoms with Gasteiger partial charge in [-0.05, 0) is 24.3 Å². The van der Waals surface area contributed by atoms with Crippen molar-refractivity contribution in [2.24, 2.45) is 0 Å². The van der Waals surface area contributed by atoms with E-state index in [9.17, 15) is 4.79 Å². The number of carbonyl (C=O) groups excluding carboxylic acids is 1. The monoisotopic (exact) mass is 541 g/mol. The summed E-state index contributed by atoms with van der Waals surface area (Å²) in [5, 5.41) is 7.04. The van der Waals surface area contributed by atoms with Gasteiger partial charge in [0, 0.05) is 54.8 Å². The Bertz CT molecular complexity index is 1430. The van der Waals surface area contributed by atoms with Gasteiger partial charge in [-0.1, -0.05) is 18.1 Å². The number of amides is 1. The van der Waals surface area contributed by atoms with E-state index in [1.165, 1.54) is 6.33 Å². The molecule has 40 heavy (non-hydrogen) atoms. The van der Waals surface area contributed by atoms with Crippen molar-refractivity contribution in [2.75, 3.05) is 56.7 Å². The van der Waals surface area contributed by atoms with Crippen molar-refractivity contribution in [3.05, 3.63) is 60.4 Å². The van der Waals surface area contributed by atoms with Crippen molar-refractivity contribution in [3.8, 4) is 18.1 Å². The minimum atomic E-state index is -0.260. The van der Waals surface area contributed by atoms with Crippen LogP contribution in [0.15, 0.2) is 54.9 Å². The third-order valence-electron chi connectivity index (χ3n) is 7.14. The number of ether oxygens (including phenoxy) is 4. The number of benzene rings is 2. The summed E-state index contributed by atoms with van der Waals surface area (Å²) in [6.45, 7) is 4.63. The van der Waals surface area contributed by atoms with E-state index in [1.807, 2.05) is 42.5 Å². The van der Waals surface area contributed by atoms with Crippen molar-refractivity contribution in [1.29, 1.82) is 0 Å². The summed E-state index contributed by atoms with van der Waals surface area (Å²) in [7, 11) is 0. The Morgan fingerprint density at radius 3 is 2.77 bits per heavy atom. The van der Waals surface area contributed by atoms with Crippen LogP contribution in [0.2, 0.25) is 0 Å². The first-order valence-corrected chi connectivity index (χ1v) is 13.4. The van der Waals surface area contributed by atoms with Crippen LogP contribution < -0.4 is 15.4 Å². The first-order chi connectivity index (χ1) is 19.6. The second kappa shape index (κ2) is 12.0. The summed E-state index contributed by atoms with van der Waals surface area (Å²) in [4.78, 5) is 24.1. The number of likely N-dealkylation sites (tertiary alicyclic amines) is 1. The zero-order chi connectivity index (χ0) is 27.3. The highest BCUT2D eigenvalue weighted by Crippen LogP contribution is 2.34. The zero-order valence-electron chi connectivity index (χ0n) is 22.0. The van der Waals surface area contributed by atoms with Gasteiger partial charge in [0.15, 0.2) is 0 Å². The van der Waals surface area contributed by atoms with Crippen LogP contribution in [0.5, 0.6) is 5.75 Å². The van der Waals surface area contributed by atoms with Crippen LogP contribution in [0.1, 0.15) is 12.0 Å². The van der Waals surface area contributed by atoms with Crippen molar-refractivity contribution >= 4 is 34.0 Å². The molecule has 10 nitrogen and oxygen atoms in total. The molecule has 0 aliphatic carbocycles. The molecular formula is C30H31N5O5. The average molecular weight is 542 g/mol. The predicted octanol–water partition coefficient (Wildman–Crippen LogP) is 3.12. The molecule has 206 valence electrons. The van der Waals surface area contributed by atoms with E-state index in [0.717, 1.165) is 36.1 Å². The number of hydrogen-bond donors (Lipinski definition) is 2. The van der Waals surface area contributed by atoms with Crippen LogP contribution in [0.25, 0.3) is 10.9 Å².